The minimum atomic E-state index is 0.426. The molecule has 3 rings (SSSR count). The lowest BCUT2D eigenvalue weighted by Crippen LogP contribution is -2.41. The highest BCUT2D eigenvalue weighted by Gasteiger charge is 2.55. The first-order valence-corrected chi connectivity index (χ1v) is 8.78. The molecule has 0 spiro atoms. The molecule has 1 heterocycles. The molecular formula is C15H24BrNO. The van der Waals surface area contributed by atoms with E-state index in [0.717, 1.165) is 36.2 Å². The number of likely N-dealkylation sites (tertiary alicyclic amines) is 1. The van der Waals surface area contributed by atoms with Crippen molar-refractivity contribution >= 4 is 21.8 Å². The molecule has 2 saturated carbocycles. The van der Waals surface area contributed by atoms with Crippen molar-refractivity contribution in [1.29, 1.82) is 0 Å². The summed E-state index contributed by atoms with van der Waals surface area (Å²) in [4.78, 5) is 14.8. The van der Waals surface area contributed by atoms with E-state index in [0.29, 0.717) is 11.8 Å². The number of nitrogens with zero attached hydrogens (tertiary/aromatic N) is 1. The van der Waals surface area contributed by atoms with Gasteiger partial charge in [0, 0.05) is 24.3 Å². The number of fused-ring (bicyclic) bond motifs is 1. The van der Waals surface area contributed by atoms with E-state index in [2.05, 4.69) is 20.8 Å². The number of carbonyl (C=O) groups excluding carboxylic acids is 1. The zero-order chi connectivity index (χ0) is 12.5. The van der Waals surface area contributed by atoms with Crippen LogP contribution in [0, 0.1) is 23.7 Å². The van der Waals surface area contributed by atoms with Crippen LogP contribution in [-0.4, -0.2) is 29.2 Å². The fourth-order valence-electron chi connectivity index (χ4n) is 4.22. The molecule has 0 aromatic heterocycles. The zero-order valence-electron chi connectivity index (χ0n) is 11.1. The molecule has 2 nitrogen and oxygen atoms in total. The van der Waals surface area contributed by atoms with Crippen LogP contribution < -0.4 is 0 Å². The second-order valence-electron chi connectivity index (χ2n) is 6.41. The third-order valence-corrected chi connectivity index (χ3v) is 5.75. The smallest absolute Gasteiger partial charge is 0.226 e. The fraction of sp³-hybridized carbons (Fsp3) is 0.933. The van der Waals surface area contributed by atoms with E-state index in [1.807, 2.05) is 0 Å². The van der Waals surface area contributed by atoms with Gasteiger partial charge in [0.2, 0.25) is 5.91 Å². The van der Waals surface area contributed by atoms with Crippen molar-refractivity contribution in [3.05, 3.63) is 0 Å². The fourth-order valence-corrected chi connectivity index (χ4v) is 4.87. The lowest BCUT2D eigenvalue weighted by molar-refractivity contribution is -0.135. The van der Waals surface area contributed by atoms with E-state index in [1.165, 1.54) is 44.9 Å². The monoisotopic (exact) mass is 313 g/mol. The molecule has 0 aromatic carbocycles. The Morgan fingerprint density at radius 2 is 1.83 bits per heavy atom. The number of hydrogen-bond donors (Lipinski definition) is 0. The summed E-state index contributed by atoms with van der Waals surface area (Å²) in [5, 5.41) is 1.08. The summed E-state index contributed by atoms with van der Waals surface area (Å²) in [6.45, 7) is 2.05. The number of rotatable bonds is 3. The van der Waals surface area contributed by atoms with Gasteiger partial charge in [0.15, 0.2) is 0 Å². The Bertz CT molecular complexity index is 306. The van der Waals surface area contributed by atoms with E-state index < -0.39 is 0 Å². The molecule has 18 heavy (non-hydrogen) atoms. The molecule has 0 bridgehead atoms. The summed E-state index contributed by atoms with van der Waals surface area (Å²) in [7, 11) is 0. The van der Waals surface area contributed by atoms with Crippen LogP contribution in [0.15, 0.2) is 0 Å². The summed E-state index contributed by atoms with van der Waals surface area (Å²) in [6.07, 6.45) is 9.10. The van der Waals surface area contributed by atoms with Crippen molar-refractivity contribution in [3.8, 4) is 0 Å². The molecule has 3 atom stereocenters. The lowest BCUT2D eigenvalue weighted by atomic mass is 9.95. The second kappa shape index (κ2) is 5.52. The molecule has 3 aliphatic rings. The molecule has 0 N–H and O–H groups in total. The Labute approximate surface area is 119 Å². The quantitative estimate of drug-likeness (QED) is 0.731. The van der Waals surface area contributed by atoms with Crippen LogP contribution in [0.2, 0.25) is 0 Å². The summed E-state index contributed by atoms with van der Waals surface area (Å²) in [5.41, 5.74) is 0. The van der Waals surface area contributed by atoms with Gasteiger partial charge in [0.25, 0.3) is 0 Å². The predicted molar refractivity (Wildman–Crippen MR) is 76.7 cm³/mol. The second-order valence-corrected chi connectivity index (χ2v) is 7.20. The van der Waals surface area contributed by atoms with Gasteiger partial charge in [-0.3, -0.25) is 4.79 Å². The first kappa shape index (κ1) is 13.0. The average Bonchev–Trinajstić information content (AvgIpc) is 3.13. The maximum atomic E-state index is 12.6. The standard InChI is InChI=1S/C15H24BrNO/c16-8-7-11-4-3-9-17(10-11)15(18)14-12-5-1-2-6-13(12)14/h11-14H,1-10H2. The Kier molecular flexibility index (Phi) is 3.97. The molecule has 102 valence electrons. The van der Waals surface area contributed by atoms with Gasteiger partial charge in [-0.2, -0.15) is 0 Å². The minimum Gasteiger partial charge on any atom is -0.342 e. The zero-order valence-corrected chi connectivity index (χ0v) is 12.7. The summed E-state index contributed by atoms with van der Waals surface area (Å²) < 4.78 is 0. The molecular weight excluding hydrogens is 290 g/mol. The van der Waals surface area contributed by atoms with Crippen molar-refractivity contribution in [2.24, 2.45) is 23.7 Å². The number of alkyl halides is 1. The van der Waals surface area contributed by atoms with E-state index in [-0.39, 0.29) is 0 Å². The Morgan fingerprint density at radius 3 is 2.50 bits per heavy atom. The number of halogens is 1. The first-order chi connectivity index (χ1) is 8.81. The van der Waals surface area contributed by atoms with Crippen molar-refractivity contribution < 1.29 is 4.79 Å². The Morgan fingerprint density at radius 1 is 1.11 bits per heavy atom. The van der Waals surface area contributed by atoms with Crippen molar-refractivity contribution in [3.63, 3.8) is 0 Å². The first-order valence-electron chi connectivity index (χ1n) is 7.66. The molecule has 0 radical (unpaired) electrons. The SMILES string of the molecule is O=C(C1C2CCCCC21)N1CCCC(CCBr)C1. The van der Waals surface area contributed by atoms with Gasteiger partial charge >= 0.3 is 0 Å². The maximum absolute atomic E-state index is 12.6. The van der Waals surface area contributed by atoms with Gasteiger partial charge in [-0.25, -0.2) is 0 Å². The van der Waals surface area contributed by atoms with Crippen molar-refractivity contribution in [2.75, 3.05) is 18.4 Å². The van der Waals surface area contributed by atoms with Crippen LogP contribution >= 0.6 is 15.9 Å². The van der Waals surface area contributed by atoms with Gasteiger partial charge in [0.1, 0.15) is 0 Å². The van der Waals surface area contributed by atoms with Crippen LogP contribution in [-0.2, 0) is 4.79 Å². The molecule has 3 unspecified atom stereocenters. The maximum Gasteiger partial charge on any atom is 0.226 e. The molecule has 0 aromatic rings. The van der Waals surface area contributed by atoms with Crippen LogP contribution in [0.3, 0.4) is 0 Å². The Balaban J connectivity index is 1.56. The summed E-state index contributed by atoms with van der Waals surface area (Å²) >= 11 is 3.53. The van der Waals surface area contributed by atoms with Crippen LogP contribution in [0.1, 0.15) is 44.9 Å². The van der Waals surface area contributed by atoms with Gasteiger partial charge in [-0.1, -0.05) is 28.8 Å². The normalized spacial score (nSPS) is 39.3. The number of amides is 1. The predicted octanol–water partition coefficient (Wildman–Crippen LogP) is 3.45. The molecule has 1 aliphatic heterocycles. The number of piperidine rings is 1. The highest BCUT2D eigenvalue weighted by molar-refractivity contribution is 9.09. The van der Waals surface area contributed by atoms with E-state index in [9.17, 15) is 4.79 Å². The summed E-state index contributed by atoms with van der Waals surface area (Å²) in [5.74, 6) is 3.20. The van der Waals surface area contributed by atoms with Crippen molar-refractivity contribution in [2.45, 2.75) is 44.9 Å². The molecule has 2 aliphatic carbocycles. The highest BCUT2D eigenvalue weighted by Crippen LogP contribution is 2.56. The third kappa shape index (κ3) is 2.48. The number of hydrogen-bond acceptors (Lipinski definition) is 1. The third-order valence-electron chi connectivity index (χ3n) is 5.29. The van der Waals surface area contributed by atoms with Gasteiger partial charge in [0.05, 0.1) is 0 Å². The molecule has 1 amide bonds. The minimum absolute atomic E-state index is 0.426. The average molecular weight is 314 g/mol. The molecule has 1 saturated heterocycles. The van der Waals surface area contributed by atoms with Crippen LogP contribution in [0.4, 0.5) is 0 Å². The van der Waals surface area contributed by atoms with E-state index in [1.54, 1.807) is 0 Å². The summed E-state index contributed by atoms with van der Waals surface area (Å²) in [6, 6.07) is 0. The number of carbonyl (C=O) groups is 1. The molecule has 3 fully saturated rings. The van der Waals surface area contributed by atoms with Crippen LogP contribution in [0.25, 0.3) is 0 Å². The lowest BCUT2D eigenvalue weighted by Gasteiger charge is -2.33. The topological polar surface area (TPSA) is 20.3 Å². The van der Waals surface area contributed by atoms with Crippen LogP contribution in [0.5, 0.6) is 0 Å². The Hall–Kier alpha value is -0.0500. The van der Waals surface area contributed by atoms with Gasteiger partial charge in [-0.05, 0) is 49.9 Å². The molecule has 3 heteroatoms. The van der Waals surface area contributed by atoms with E-state index >= 15 is 0 Å². The highest BCUT2D eigenvalue weighted by atomic mass is 79.9. The van der Waals surface area contributed by atoms with Crippen molar-refractivity contribution in [1.82, 2.24) is 4.90 Å². The van der Waals surface area contributed by atoms with E-state index in [4.69, 9.17) is 0 Å². The largest absolute Gasteiger partial charge is 0.342 e. The van der Waals surface area contributed by atoms with Gasteiger partial charge < -0.3 is 4.90 Å². The van der Waals surface area contributed by atoms with Gasteiger partial charge in [-0.15, -0.1) is 0 Å².